The number of ketones is 1. The molecule has 0 aromatic carbocycles. The van der Waals surface area contributed by atoms with Gasteiger partial charge in [-0.3, -0.25) is 14.4 Å². The molecule has 1 aliphatic carbocycles. The Bertz CT molecular complexity index is 570. The van der Waals surface area contributed by atoms with E-state index < -0.39 is 12.1 Å². The lowest BCUT2D eigenvalue weighted by atomic mass is 9.86. The van der Waals surface area contributed by atoms with Crippen molar-refractivity contribution in [2.75, 3.05) is 0 Å². The number of carbonyl (C=O) groups excluding carboxylic acids is 3. The van der Waals surface area contributed by atoms with Gasteiger partial charge in [0.2, 0.25) is 0 Å². The molecule has 1 aromatic heterocycles. The first-order valence-electron chi connectivity index (χ1n) is 8.54. The molecule has 6 heteroatoms. The molecule has 1 saturated carbocycles. The lowest BCUT2D eigenvalue weighted by Crippen LogP contribution is -2.46. The van der Waals surface area contributed by atoms with Crippen LogP contribution in [0.4, 0.5) is 0 Å². The van der Waals surface area contributed by atoms with E-state index in [2.05, 4.69) is 12.2 Å². The smallest absolute Gasteiger partial charge is 0.307 e. The van der Waals surface area contributed by atoms with Crippen LogP contribution in [0, 0.1) is 5.92 Å². The van der Waals surface area contributed by atoms with Gasteiger partial charge >= 0.3 is 5.97 Å². The van der Waals surface area contributed by atoms with E-state index in [0.29, 0.717) is 10.8 Å². The molecule has 0 aliphatic heterocycles. The summed E-state index contributed by atoms with van der Waals surface area (Å²) in [5, 5.41) is 4.80. The third-order valence-corrected chi connectivity index (χ3v) is 5.38. The summed E-state index contributed by atoms with van der Waals surface area (Å²) < 4.78 is 5.16. The second-order valence-corrected chi connectivity index (χ2v) is 7.36. The SMILES string of the molecule is C[C@@H](OC(=O)CCC(=O)c1cccs1)C(=O)N[C@H]1CCCC[C@@H]1C. The van der Waals surface area contributed by atoms with E-state index in [1.807, 2.05) is 5.38 Å². The van der Waals surface area contributed by atoms with Crippen LogP contribution in [0.2, 0.25) is 0 Å². The number of rotatable bonds is 7. The Morgan fingerprint density at radius 2 is 2.04 bits per heavy atom. The van der Waals surface area contributed by atoms with Crippen molar-refractivity contribution < 1.29 is 19.1 Å². The average molecular weight is 351 g/mol. The van der Waals surface area contributed by atoms with Gasteiger partial charge in [-0.2, -0.15) is 0 Å². The quantitative estimate of drug-likeness (QED) is 0.604. The molecule has 0 bridgehead atoms. The molecule has 24 heavy (non-hydrogen) atoms. The third kappa shape index (κ3) is 5.44. The highest BCUT2D eigenvalue weighted by atomic mass is 32.1. The topological polar surface area (TPSA) is 72.5 Å². The molecule has 0 radical (unpaired) electrons. The Labute approximate surface area is 146 Å². The minimum atomic E-state index is -0.830. The second-order valence-electron chi connectivity index (χ2n) is 6.41. The number of nitrogens with one attached hydrogen (secondary N) is 1. The molecule has 1 heterocycles. The molecule has 132 valence electrons. The van der Waals surface area contributed by atoms with Crippen LogP contribution in [-0.4, -0.2) is 29.8 Å². The van der Waals surface area contributed by atoms with E-state index in [1.54, 1.807) is 19.1 Å². The van der Waals surface area contributed by atoms with Gasteiger partial charge in [0.1, 0.15) is 0 Å². The van der Waals surface area contributed by atoms with Gasteiger partial charge in [0.15, 0.2) is 11.9 Å². The number of esters is 1. The van der Waals surface area contributed by atoms with Gasteiger partial charge in [0.25, 0.3) is 5.91 Å². The van der Waals surface area contributed by atoms with E-state index in [0.717, 1.165) is 19.3 Å². The zero-order valence-corrected chi connectivity index (χ0v) is 15.1. The molecule has 0 saturated heterocycles. The Balaban J connectivity index is 1.72. The van der Waals surface area contributed by atoms with Crippen LogP contribution >= 0.6 is 11.3 Å². The lowest BCUT2D eigenvalue weighted by molar-refractivity contribution is -0.155. The fourth-order valence-electron chi connectivity index (χ4n) is 2.92. The molecule has 0 spiro atoms. The molecule has 1 aromatic rings. The highest BCUT2D eigenvalue weighted by Crippen LogP contribution is 2.23. The van der Waals surface area contributed by atoms with Crippen molar-refractivity contribution in [1.82, 2.24) is 5.32 Å². The number of carbonyl (C=O) groups is 3. The van der Waals surface area contributed by atoms with Gasteiger partial charge in [0, 0.05) is 12.5 Å². The number of thiophene rings is 1. The second kappa shape index (κ2) is 8.97. The van der Waals surface area contributed by atoms with E-state index in [9.17, 15) is 14.4 Å². The van der Waals surface area contributed by atoms with Crippen LogP contribution in [0.15, 0.2) is 17.5 Å². The minimum Gasteiger partial charge on any atom is -0.453 e. The van der Waals surface area contributed by atoms with Crippen LogP contribution in [0.25, 0.3) is 0 Å². The summed E-state index contributed by atoms with van der Waals surface area (Å²) in [5.41, 5.74) is 0. The molecule has 1 N–H and O–H groups in total. The summed E-state index contributed by atoms with van der Waals surface area (Å²) >= 11 is 1.36. The summed E-state index contributed by atoms with van der Waals surface area (Å²) in [4.78, 5) is 36.5. The van der Waals surface area contributed by atoms with E-state index in [1.165, 1.54) is 17.8 Å². The molecule has 5 nitrogen and oxygen atoms in total. The number of amides is 1. The van der Waals surface area contributed by atoms with Gasteiger partial charge in [-0.25, -0.2) is 0 Å². The van der Waals surface area contributed by atoms with Gasteiger partial charge < -0.3 is 10.1 Å². The van der Waals surface area contributed by atoms with Gasteiger partial charge in [-0.1, -0.05) is 25.8 Å². The minimum absolute atomic E-state index is 0.00577. The van der Waals surface area contributed by atoms with E-state index in [-0.39, 0.29) is 30.6 Å². The van der Waals surface area contributed by atoms with Gasteiger partial charge in [-0.05, 0) is 37.1 Å². The first-order valence-corrected chi connectivity index (χ1v) is 9.42. The average Bonchev–Trinajstić information content (AvgIpc) is 3.09. The standard InChI is InChI=1S/C18H25NO4S/c1-12-6-3-4-7-14(12)19-18(22)13(2)23-17(21)10-9-15(20)16-8-5-11-24-16/h5,8,11-14H,3-4,6-7,9-10H2,1-2H3,(H,19,22)/t12-,13+,14-/m0/s1. The molecule has 2 rings (SSSR count). The molecule has 1 fully saturated rings. The molecular weight excluding hydrogens is 326 g/mol. The number of Topliss-reactive ketones (excluding diaryl/α,β-unsaturated/α-hetero) is 1. The van der Waals surface area contributed by atoms with Gasteiger partial charge in [-0.15, -0.1) is 11.3 Å². The van der Waals surface area contributed by atoms with Crippen LogP contribution in [0.3, 0.4) is 0 Å². The van der Waals surface area contributed by atoms with Crippen molar-refractivity contribution in [2.24, 2.45) is 5.92 Å². The maximum Gasteiger partial charge on any atom is 0.307 e. The number of hydrogen-bond donors (Lipinski definition) is 1. The number of ether oxygens (including phenoxy) is 1. The van der Waals surface area contributed by atoms with Crippen molar-refractivity contribution in [3.05, 3.63) is 22.4 Å². The predicted octanol–water partition coefficient (Wildman–Crippen LogP) is 3.34. The summed E-state index contributed by atoms with van der Waals surface area (Å²) in [6, 6.07) is 3.70. The summed E-state index contributed by atoms with van der Waals surface area (Å²) in [5.74, 6) is -0.393. The Morgan fingerprint density at radius 3 is 2.71 bits per heavy atom. The maximum atomic E-state index is 12.2. The van der Waals surface area contributed by atoms with Crippen molar-refractivity contribution >= 4 is 29.0 Å². The molecule has 3 atom stereocenters. The van der Waals surface area contributed by atoms with Crippen LogP contribution in [-0.2, 0) is 14.3 Å². The number of hydrogen-bond acceptors (Lipinski definition) is 5. The van der Waals surface area contributed by atoms with Crippen molar-refractivity contribution in [2.45, 2.75) is 64.5 Å². The first kappa shape index (κ1) is 18.6. The monoisotopic (exact) mass is 351 g/mol. The molecule has 1 aliphatic rings. The Kier molecular flexibility index (Phi) is 6.97. The summed E-state index contributed by atoms with van der Waals surface area (Å²) in [6.07, 6.45) is 3.68. The first-order chi connectivity index (χ1) is 11.5. The largest absolute Gasteiger partial charge is 0.453 e. The highest BCUT2D eigenvalue weighted by Gasteiger charge is 2.26. The predicted molar refractivity (Wildman–Crippen MR) is 93.0 cm³/mol. The van der Waals surface area contributed by atoms with Crippen molar-refractivity contribution in [1.29, 1.82) is 0 Å². The maximum absolute atomic E-state index is 12.2. The zero-order chi connectivity index (χ0) is 17.5. The Morgan fingerprint density at radius 1 is 1.29 bits per heavy atom. The van der Waals surface area contributed by atoms with Crippen LogP contribution < -0.4 is 5.32 Å². The van der Waals surface area contributed by atoms with Crippen LogP contribution in [0.1, 0.15) is 62.0 Å². The Hall–Kier alpha value is -1.69. The van der Waals surface area contributed by atoms with Gasteiger partial charge in [0.05, 0.1) is 11.3 Å². The fraction of sp³-hybridized carbons (Fsp3) is 0.611. The summed E-state index contributed by atoms with van der Waals surface area (Å²) in [6.45, 7) is 3.71. The molecule has 0 unspecified atom stereocenters. The third-order valence-electron chi connectivity index (χ3n) is 4.47. The molecule has 1 amide bonds. The zero-order valence-electron chi connectivity index (χ0n) is 14.2. The normalized spacial score (nSPS) is 21.8. The van der Waals surface area contributed by atoms with Crippen molar-refractivity contribution in [3.63, 3.8) is 0 Å². The van der Waals surface area contributed by atoms with E-state index in [4.69, 9.17) is 4.74 Å². The fourth-order valence-corrected chi connectivity index (χ4v) is 3.61. The van der Waals surface area contributed by atoms with E-state index >= 15 is 0 Å². The van der Waals surface area contributed by atoms with Crippen LogP contribution in [0.5, 0.6) is 0 Å². The van der Waals surface area contributed by atoms with Crippen molar-refractivity contribution in [3.8, 4) is 0 Å². The lowest BCUT2D eigenvalue weighted by Gasteiger charge is -2.30. The molecular formula is C18H25NO4S. The summed E-state index contributed by atoms with van der Waals surface area (Å²) in [7, 11) is 0. The highest BCUT2D eigenvalue weighted by molar-refractivity contribution is 7.12.